The van der Waals surface area contributed by atoms with Crippen LogP contribution >= 0.6 is 11.6 Å². The second kappa shape index (κ2) is 8.44. The molecule has 0 aromatic rings. The first-order valence-electron chi connectivity index (χ1n) is 8.75. The molecule has 0 bridgehead atoms. The molecule has 150 valence electrons. The Morgan fingerprint density at radius 2 is 1.78 bits per heavy atom. The SMILES string of the molecule is CC(=O)O[C@@H]1/C=C(\C)C[C@@H](OC(C)=O)[C@@H]2[C@@H](/C=C(\C)C1)OC(=O)[C@]2(O)CCl. The zero-order valence-electron chi connectivity index (χ0n) is 15.9. The van der Waals surface area contributed by atoms with Gasteiger partial charge in [0.15, 0.2) is 5.60 Å². The molecule has 8 heteroatoms. The number of hydrogen-bond donors (Lipinski definition) is 1. The normalized spacial score (nSPS) is 37.8. The number of esters is 3. The van der Waals surface area contributed by atoms with Crippen molar-refractivity contribution < 1.29 is 33.7 Å². The quantitative estimate of drug-likeness (QED) is 0.335. The van der Waals surface area contributed by atoms with Crippen molar-refractivity contribution in [1.29, 1.82) is 0 Å². The van der Waals surface area contributed by atoms with Crippen LogP contribution in [0.25, 0.3) is 0 Å². The summed E-state index contributed by atoms with van der Waals surface area (Å²) in [6, 6.07) is 0. The number of ether oxygens (including phenoxy) is 3. The number of halogens is 1. The van der Waals surface area contributed by atoms with E-state index >= 15 is 0 Å². The summed E-state index contributed by atoms with van der Waals surface area (Å²) in [5.74, 6) is -3.03. The molecule has 0 saturated carbocycles. The van der Waals surface area contributed by atoms with Gasteiger partial charge in [-0.05, 0) is 26.0 Å². The van der Waals surface area contributed by atoms with Crippen LogP contribution in [0.5, 0.6) is 0 Å². The number of hydrogen-bond acceptors (Lipinski definition) is 7. The Bertz CT molecular complexity index is 684. The monoisotopic (exact) mass is 400 g/mol. The van der Waals surface area contributed by atoms with Gasteiger partial charge in [0, 0.05) is 26.7 Å². The lowest BCUT2D eigenvalue weighted by Gasteiger charge is -2.33. The van der Waals surface area contributed by atoms with Gasteiger partial charge >= 0.3 is 17.9 Å². The highest BCUT2D eigenvalue weighted by atomic mass is 35.5. The van der Waals surface area contributed by atoms with Crippen molar-refractivity contribution >= 4 is 29.5 Å². The van der Waals surface area contributed by atoms with Gasteiger partial charge in [0.2, 0.25) is 0 Å². The lowest BCUT2D eigenvalue weighted by Crippen LogP contribution is -2.50. The van der Waals surface area contributed by atoms with Crippen molar-refractivity contribution in [2.45, 2.75) is 64.4 Å². The van der Waals surface area contributed by atoms with Gasteiger partial charge < -0.3 is 19.3 Å². The van der Waals surface area contributed by atoms with Crippen LogP contribution in [0.1, 0.15) is 40.5 Å². The fourth-order valence-electron chi connectivity index (χ4n) is 3.68. The van der Waals surface area contributed by atoms with Crippen molar-refractivity contribution in [3.8, 4) is 0 Å². The summed E-state index contributed by atoms with van der Waals surface area (Å²) >= 11 is 5.90. The largest absolute Gasteiger partial charge is 0.462 e. The van der Waals surface area contributed by atoms with E-state index in [2.05, 4.69) is 0 Å². The first-order chi connectivity index (χ1) is 12.6. The predicted octanol–water partition coefficient (Wildman–Crippen LogP) is 2.05. The van der Waals surface area contributed by atoms with E-state index in [1.807, 2.05) is 6.92 Å². The Balaban J connectivity index is 2.50. The summed E-state index contributed by atoms with van der Waals surface area (Å²) in [4.78, 5) is 35.3. The number of fused-ring (bicyclic) bond motifs is 1. The molecule has 7 nitrogen and oxygen atoms in total. The smallest absolute Gasteiger partial charge is 0.340 e. The van der Waals surface area contributed by atoms with Gasteiger partial charge in [0.1, 0.15) is 18.3 Å². The van der Waals surface area contributed by atoms with E-state index in [1.54, 1.807) is 19.1 Å². The Labute approximate surface area is 163 Å². The van der Waals surface area contributed by atoms with E-state index in [9.17, 15) is 19.5 Å². The van der Waals surface area contributed by atoms with Crippen LogP contribution in [-0.2, 0) is 28.6 Å². The number of rotatable bonds is 3. The van der Waals surface area contributed by atoms with Crippen molar-refractivity contribution in [1.82, 2.24) is 0 Å². The van der Waals surface area contributed by atoms with Gasteiger partial charge in [0.25, 0.3) is 0 Å². The first kappa shape index (κ1) is 21.4. The van der Waals surface area contributed by atoms with Crippen LogP contribution in [-0.4, -0.2) is 52.8 Å². The van der Waals surface area contributed by atoms with Crippen LogP contribution in [0.2, 0.25) is 0 Å². The average molecular weight is 401 g/mol. The zero-order chi connectivity index (χ0) is 20.4. The molecule has 5 atom stereocenters. The van der Waals surface area contributed by atoms with E-state index in [4.69, 9.17) is 25.8 Å². The molecule has 0 aromatic carbocycles. The predicted molar refractivity (Wildman–Crippen MR) is 96.9 cm³/mol. The van der Waals surface area contributed by atoms with Crippen molar-refractivity contribution in [2.24, 2.45) is 5.92 Å². The van der Waals surface area contributed by atoms with Crippen LogP contribution in [0.3, 0.4) is 0 Å². The molecule has 0 aromatic heterocycles. The summed E-state index contributed by atoms with van der Waals surface area (Å²) in [6.07, 6.45) is 1.99. The summed E-state index contributed by atoms with van der Waals surface area (Å²) in [7, 11) is 0. The van der Waals surface area contributed by atoms with Gasteiger partial charge in [-0.3, -0.25) is 9.59 Å². The summed E-state index contributed by atoms with van der Waals surface area (Å²) in [5, 5.41) is 10.9. The van der Waals surface area contributed by atoms with Crippen molar-refractivity contribution in [3.63, 3.8) is 0 Å². The molecule has 2 aliphatic rings. The van der Waals surface area contributed by atoms with E-state index in [1.165, 1.54) is 13.8 Å². The van der Waals surface area contributed by atoms with Gasteiger partial charge in [-0.15, -0.1) is 11.6 Å². The van der Waals surface area contributed by atoms with E-state index in [0.29, 0.717) is 6.42 Å². The van der Waals surface area contributed by atoms with Crippen LogP contribution in [0.15, 0.2) is 23.3 Å². The average Bonchev–Trinajstić information content (AvgIpc) is 2.75. The zero-order valence-corrected chi connectivity index (χ0v) is 16.6. The molecule has 1 heterocycles. The van der Waals surface area contributed by atoms with Crippen LogP contribution < -0.4 is 0 Å². The summed E-state index contributed by atoms with van der Waals surface area (Å²) in [5.41, 5.74) is -0.370. The maximum atomic E-state index is 12.3. The molecule has 1 saturated heterocycles. The number of aliphatic hydroxyl groups is 1. The number of alkyl halides is 1. The second-order valence-corrected chi connectivity index (χ2v) is 7.45. The molecular weight excluding hydrogens is 376 g/mol. The third-order valence-electron chi connectivity index (χ3n) is 4.71. The van der Waals surface area contributed by atoms with Gasteiger partial charge in [-0.2, -0.15) is 0 Å². The number of carbonyl (C=O) groups is 3. The molecule has 0 unspecified atom stereocenters. The molecule has 1 N–H and O–H groups in total. The Hall–Kier alpha value is -1.86. The van der Waals surface area contributed by atoms with Gasteiger partial charge in [0.05, 0.1) is 11.8 Å². The molecule has 27 heavy (non-hydrogen) atoms. The standard InChI is InChI=1S/C19H25ClO7/c1-10-5-14(25-12(3)21)6-11(2)8-16-17(15(7-10)26-13(4)22)19(24,9-20)18(23)27-16/h5,8,14-17,24H,6-7,9H2,1-4H3/b10-5+,11-8+/t14-,15-,16-,17-,19+/m1/s1. The maximum absolute atomic E-state index is 12.3. The summed E-state index contributed by atoms with van der Waals surface area (Å²) in [6.45, 7) is 6.20. The minimum atomic E-state index is -1.96. The summed E-state index contributed by atoms with van der Waals surface area (Å²) < 4.78 is 16.1. The van der Waals surface area contributed by atoms with E-state index in [0.717, 1.165) is 11.1 Å². The second-order valence-electron chi connectivity index (χ2n) is 7.18. The molecule has 0 radical (unpaired) electrons. The minimum Gasteiger partial charge on any atom is -0.462 e. The van der Waals surface area contributed by atoms with Gasteiger partial charge in [-0.25, -0.2) is 4.79 Å². The van der Waals surface area contributed by atoms with Crippen LogP contribution in [0.4, 0.5) is 0 Å². The first-order valence-corrected chi connectivity index (χ1v) is 9.28. The highest BCUT2D eigenvalue weighted by Gasteiger charge is 2.59. The third-order valence-corrected chi connectivity index (χ3v) is 5.11. The fraction of sp³-hybridized carbons (Fsp3) is 0.632. The molecule has 1 fully saturated rings. The molecule has 0 amide bonds. The molecule has 2 rings (SSSR count). The van der Waals surface area contributed by atoms with Crippen LogP contribution in [0, 0.1) is 5.92 Å². The Kier molecular flexibility index (Phi) is 6.70. The van der Waals surface area contributed by atoms with E-state index in [-0.39, 0.29) is 12.3 Å². The Morgan fingerprint density at radius 1 is 1.19 bits per heavy atom. The molecule has 1 aliphatic carbocycles. The third kappa shape index (κ3) is 4.90. The van der Waals surface area contributed by atoms with Gasteiger partial charge in [-0.1, -0.05) is 11.1 Å². The minimum absolute atomic E-state index is 0.237. The lowest BCUT2D eigenvalue weighted by atomic mass is 9.79. The highest BCUT2D eigenvalue weighted by molar-refractivity contribution is 6.20. The Morgan fingerprint density at radius 3 is 2.33 bits per heavy atom. The number of carbonyl (C=O) groups excluding carboxylic acids is 3. The van der Waals surface area contributed by atoms with Crippen molar-refractivity contribution in [2.75, 3.05) is 5.88 Å². The highest BCUT2D eigenvalue weighted by Crippen LogP contribution is 2.40. The molecular formula is C19H25ClO7. The molecule has 1 aliphatic heterocycles. The van der Waals surface area contributed by atoms with E-state index < -0.39 is 47.7 Å². The fourth-order valence-corrected chi connectivity index (χ4v) is 3.97. The topological polar surface area (TPSA) is 99.1 Å². The maximum Gasteiger partial charge on any atom is 0.340 e. The van der Waals surface area contributed by atoms with Crippen molar-refractivity contribution in [3.05, 3.63) is 23.3 Å². The lowest BCUT2D eigenvalue weighted by molar-refractivity contribution is -0.159. The molecule has 0 spiro atoms.